The summed E-state index contributed by atoms with van der Waals surface area (Å²) in [6, 6.07) is 0. The van der Waals surface area contributed by atoms with Crippen LogP contribution >= 0.6 is 0 Å². The van der Waals surface area contributed by atoms with E-state index in [4.69, 9.17) is 5.11 Å². The van der Waals surface area contributed by atoms with E-state index < -0.39 is 4.92 Å². The molecule has 0 aliphatic rings. The molecule has 1 N–H and O–H groups in total. The molecule has 0 atom stereocenters. The van der Waals surface area contributed by atoms with Crippen molar-refractivity contribution >= 4 is 25.8 Å². The fourth-order valence-corrected chi connectivity index (χ4v) is 1.31. The fourth-order valence-electron chi connectivity index (χ4n) is 0.855. The van der Waals surface area contributed by atoms with Crippen LogP contribution in [0.4, 0.5) is 0 Å². The Balaban J connectivity index is 5.19. The minimum absolute atomic E-state index is 0.197. The maximum atomic E-state index is 10.5. The minimum atomic E-state index is -0.579. The average Bonchev–Trinajstić information content (AvgIpc) is 2.10. The molecule has 0 aromatic rings. The van der Waals surface area contributed by atoms with Gasteiger partial charge in [-0.3, -0.25) is 0 Å². The normalized spacial score (nSPS) is 12.4. The van der Waals surface area contributed by atoms with Gasteiger partial charge >= 0.3 is 98.3 Å². The predicted octanol–water partition coefficient (Wildman–Crippen LogP) is 1.85. The molecule has 0 amide bonds. The summed E-state index contributed by atoms with van der Waals surface area (Å²) in [6.07, 6.45) is 3.18. The molecule has 0 bridgehead atoms. The van der Waals surface area contributed by atoms with Gasteiger partial charge in [0.25, 0.3) is 0 Å². The zero-order valence-corrected chi connectivity index (χ0v) is 11.5. The second kappa shape index (κ2) is 6.52. The number of aliphatic hydroxyl groups excluding tert-OH is 1. The van der Waals surface area contributed by atoms with Gasteiger partial charge in [0.15, 0.2) is 0 Å². The first-order valence-electron chi connectivity index (χ1n) is 3.75. The van der Waals surface area contributed by atoms with Crippen LogP contribution in [0.3, 0.4) is 0 Å². The summed E-state index contributed by atoms with van der Waals surface area (Å²) < 4.78 is 1.88. The van der Waals surface area contributed by atoms with Crippen molar-refractivity contribution < 1.29 is 10.0 Å². The van der Waals surface area contributed by atoms with Gasteiger partial charge < -0.3 is 0 Å². The van der Waals surface area contributed by atoms with E-state index in [1.54, 1.807) is 6.08 Å². The molecule has 0 aromatic carbocycles. The Morgan fingerprint density at radius 2 is 2.21 bits per heavy atom. The van der Waals surface area contributed by atoms with E-state index in [1.807, 2.05) is 3.64 Å². The quantitative estimate of drug-likeness (QED) is 0.258. The van der Waals surface area contributed by atoms with Crippen LogP contribution in [0.5, 0.6) is 0 Å². The van der Waals surface area contributed by atoms with E-state index in [2.05, 4.69) is 13.2 Å². The number of nitrogens with zero attached hydrogens (tertiary/aromatic N) is 1. The molecule has 14 heavy (non-hydrogen) atoms. The Morgan fingerprint density at radius 1 is 1.64 bits per heavy atom. The van der Waals surface area contributed by atoms with Gasteiger partial charge in [0.1, 0.15) is 0 Å². The van der Waals surface area contributed by atoms with Crippen molar-refractivity contribution in [1.29, 1.82) is 0 Å². The van der Waals surface area contributed by atoms with E-state index in [0.717, 1.165) is 31.8 Å². The fraction of sp³-hybridized carbons (Fsp3) is 0.111. The molecule has 0 aliphatic heterocycles. The number of rotatable bonds is 5. The van der Waals surface area contributed by atoms with Crippen molar-refractivity contribution in [3.63, 3.8) is 0 Å². The Bertz CT molecular complexity index is 318. The van der Waals surface area contributed by atoms with Gasteiger partial charge in [0.2, 0.25) is 0 Å². The maximum absolute atomic E-state index is 10.5. The van der Waals surface area contributed by atoms with Crippen LogP contribution in [0.15, 0.2) is 46.0 Å². The third-order valence-corrected chi connectivity index (χ3v) is 2.40. The topological polar surface area (TPSA) is 63.4 Å². The third kappa shape index (κ3) is 3.86. The zero-order chi connectivity index (χ0) is 11.1. The molecule has 3 radical (unpaired) electrons. The van der Waals surface area contributed by atoms with Crippen molar-refractivity contribution in [2.75, 3.05) is 0 Å². The first-order valence-corrected chi connectivity index (χ1v) is 5.99. The van der Waals surface area contributed by atoms with Gasteiger partial charge in [0.05, 0.1) is 0 Å². The molecule has 0 rings (SSSR count). The van der Waals surface area contributed by atoms with Crippen LogP contribution in [0, 0.1) is 10.1 Å². The van der Waals surface area contributed by atoms with Gasteiger partial charge in [-0.2, -0.15) is 0 Å². The monoisotopic (exact) mass is 388 g/mol. The Morgan fingerprint density at radius 3 is 2.50 bits per heavy atom. The molecule has 0 saturated carbocycles. The predicted molar refractivity (Wildman–Crippen MR) is 55.5 cm³/mol. The molecule has 0 spiro atoms. The molecule has 0 fully saturated rings. The van der Waals surface area contributed by atoms with Gasteiger partial charge in [-0.25, -0.2) is 0 Å². The second-order valence-electron chi connectivity index (χ2n) is 2.38. The third-order valence-electron chi connectivity index (χ3n) is 1.49. The summed E-state index contributed by atoms with van der Waals surface area (Å²) in [5.41, 5.74) is 0.00867. The molecule has 4 nitrogen and oxygen atoms in total. The SMILES string of the molecule is C=C/C(=C(/C/C=[CH]/[Pb])C(=C)O)[N+](=O)[O-]. The number of aliphatic hydroxyl groups is 1. The summed E-state index contributed by atoms with van der Waals surface area (Å²) in [4.78, 5) is 9.97. The van der Waals surface area contributed by atoms with Crippen LogP contribution in [0.2, 0.25) is 0 Å². The van der Waals surface area contributed by atoms with Gasteiger partial charge in [-0.1, -0.05) is 0 Å². The number of hydrogen-bond donors (Lipinski definition) is 1. The average molecular weight is 387 g/mol. The molecular weight excluding hydrogens is 377 g/mol. The van der Waals surface area contributed by atoms with Crippen molar-refractivity contribution in [2.24, 2.45) is 0 Å². The van der Waals surface area contributed by atoms with Crippen LogP contribution < -0.4 is 0 Å². The molecule has 73 valence electrons. The van der Waals surface area contributed by atoms with Crippen LogP contribution in [0.1, 0.15) is 6.42 Å². The summed E-state index contributed by atoms with van der Waals surface area (Å²) in [7, 11) is 0. The van der Waals surface area contributed by atoms with Crippen LogP contribution in [-0.2, 0) is 0 Å². The molecule has 0 aromatic heterocycles. The first-order chi connectivity index (χ1) is 6.54. The summed E-state index contributed by atoms with van der Waals surface area (Å²) in [6.45, 7) is 6.61. The molecule has 0 unspecified atom stereocenters. The van der Waals surface area contributed by atoms with E-state index in [0.29, 0.717) is 6.42 Å². The van der Waals surface area contributed by atoms with Gasteiger partial charge in [-0.15, -0.1) is 0 Å². The molecule has 0 saturated heterocycles. The molecular formula is C9H10NO3Pb. The van der Waals surface area contributed by atoms with E-state index in [-0.39, 0.29) is 17.0 Å². The standard InChI is InChI=1S/C9H10NO3.Pb/c1-4-6-8(7(3)11)9(5-2)10(12)13;/h1,4-5,11H,2-3,6H2;/b4-1?,9-8+;. The van der Waals surface area contributed by atoms with Crippen molar-refractivity contribution in [1.82, 2.24) is 0 Å². The molecule has 0 heterocycles. The number of hydrogen-bond acceptors (Lipinski definition) is 3. The Kier molecular flexibility index (Phi) is 6.10. The van der Waals surface area contributed by atoms with Gasteiger partial charge in [-0.05, 0) is 0 Å². The van der Waals surface area contributed by atoms with Crippen LogP contribution in [0.25, 0.3) is 0 Å². The van der Waals surface area contributed by atoms with E-state index in [9.17, 15) is 10.1 Å². The zero-order valence-electron chi connectivity index (χ0n) is 7.56. The summed E-state index contributed by atoms with van der Waals surface area (Å²) >= 11 is 0.874. The van der Waals surface area contributed by atoms with Gasteiger partial charge in [0, 0.05) is 0 Å². The Labute approximate surface area is 98.2 Å². The first kappa shape index (κ1) is 13.1. The molecule has 5 heteroatoms. The number of nitro groups is 1. The van der Waals surface area contributed by atoms with Crippen LogP contribution in [-0.4, -0.2) is 35.8 Å². The summed E-state index contributed by atoms with van der Waals surface area (Å²) in [5, 5.41) is 19.7. The van der Waals surface area contributed by atoms with Crippen molar-refractivity contribution in [2.45, 2.75) is 6.42 Å². The van der Waals surface area contributed by atoms with E-state index >= 15 is 0 Å². The van der Waals surface area contributed by atoms with Crippen molar-refractivity contribution in [3.8, 4) is 0 Å². The number of allylic oxidation sites excluding steroid dienone is 3. The molecule has 0 aliphatic carbocycles. The Hall–Kier alpha value is -0.918. The summed E-state index contributed by atoms with van der Waals surface area (Å²) in [5.74, 6) is -0.281. The van der Waals surface area contributed by atoms with Crippen molar-refractivity contribution in [3.05, 3.63) is 56.1 Å². The van der Waals surface area contributed by atoms with E-state index in [1.165, 1.54) is 0 Å². The second-order valence-corrected chi connectivity index (χ2v) is 3.67.